The lowest BCUT2D eigenvalue weighted by atomic mass is 10.2. The molecule has 0 radical (unpaired) electrons. The summed E-state index contributed by atoms with van der Waals surface area (Å²) in [7, 11) is 0. The van der Waals surface area contributed by atoms with E-state index < -0.39 is 16.9 Å². The van der Waals surface area contributed by atoms with E-state index in [0.717, 1.165) is 0 Å². The third kappa shape index (κ3) is 11.3. The van der Waals surface area contributed by atoms with E-state index in [0.29, 0.717) is 30.2 Å². The molecule has 0 aliphatic carbocycles. The van der Waals surface area contributed by atoms with E-state index in [4.69, 9.17) is 15.2 Å². The SMILES string of the molecule is CC(C)=O.NC(=O)c1ccc(OCCNCC(O)COc2cccc([N+](=O)[O-])c2)cc1. The maximum Gasteiger partial charge on any atom is 0.273 e. The van der Waals surface area contributed by atoms with Crippen LogP contribution in [0.5, 0.6) is 11.5 Å². The zero-order valence-corrected chi connectivity index (χ0v) is 17.4. The smallest absolute Gasteiger partial charge is 0.273 e. The highest BCUT2D eigenvalue weighted by Crippen LogP contribution is 2.19. The molecular formula is C21H27N3O7. The number of nitrogens with zero attached hydrogens (tertiary/aromatic N) is 1. The minimum absolute atomic E-state index is 0.00358. The number of nitro groups is 1. The number of aliphatic hydroxyl groups is 1. The van der Waals surface area contributed by atoms with Gasteiger partial charge in [-0.3, -0.25) is 14.9 Å². The summed E-state index contributed by atoms with van der Waals surface area (Å²) in [4.78, 5) is 30.6. The van der Waals surface area contributed by atoms with Crippen molar-refractivity contribution in [2.45, 2.75) is 20.0 Å². The zero-order valence-electron chi connectivity index (χ0n) is 17.4. The Hall–Kier alpha value is -3.50. The van der Waals surface area contributed by atoms with Crippen LogP contribution in [-0.4, -0.2) is 54.1 Å². The molecule has 10 nitrogen and oxygen atoms in total. The molecule has 0 aliphatic heterocycles. The van der Waals surface area contributed by atoms with Crippen LogP contribution in [0.4, 0.5) is 5.69 Å². The molecule has 1 atom stereocenters. The summed E-state index contributed by atoms with van der Waals surface area (Å²) in [5.74, 6) is 0.604. The minimum atomic E-state index is -0.779. The molecule has 0 aliphatic rings. The first-order chi connectivity index (χ1) is 14.7. The van der Waals surface area contributed by atoms with E-state index in [9.17, 15) is 24.8 Å². The normalized spacial score (nSPS) is 10.9. The van der Waals surface area contributed by atoms with Crippen molar-refractivity contribution >= 4 is 17.4 Å². The third-order valence-corrected chi connectivity index (χ3v) is 3.54. The second-order valence-electron chi connectivity index (χ2n) is 6.57. The van der Waals surface area contributed by atoms with E-state index in [1.54, 1.807) is 30.3 Å². The minimum Gasteiger partial charge on any atom is -0.492 e. The number of ether oxygens (including phenoxy) is 2. The van der Waals surface area contributed by atoms with E-state index in [2.05, 4.69) is 5.32 Å². The highest BCUT2D eigenvalue weighted by Gasteiger charge is 2.09. The molecule has 0 fully saturated rings. The number of Topliss-reactive ketones (excluding diaryl/α,β-unsaturated/α-hetero) is 1. The monoisotopic (exact) mass is 433 g/mol. The van der Waals surface area contributed by atoms with Crippen molar-refractivity contribution in [3.8, 4) is 11.5 Å². The van der Waals surface area contributed by atoms with Crippen molar-refractivity contribution in [3.05, 3.63) is 64.2 Å². The van der Waals surface area contributed by atoms with Crippen LogP contribution >= 0.6 is 0 Å². The summed E-state index contributed by atoms with van der Waals surface area (Å²) >= 11 is 0. The van der Waals surface area contributed by atoms with Crippen molar-refractivity contribution in [3.63, 3.8) is 0 Å². The lowest BCUT2D eigenvalue weighted by molar-refractivity contribution is -0.384. The van der Waals surface area contributed by atoms with E-state index in [-0.39, 0.29) is 24.6 Å². The maximum absolute atomic E-state index is 11.0. The summed E-state index contributed by atoms with van der Waals surface area (Å²) in [6.07, 6.45) is -0.779. The summed E-state index contributed by atoms with van der Waals surface area (Å²) in [6, 6.07) is 12.3. The molecule has 0 spiro atoms. The number of nitrogens with two attached hydrogens (primary N) is 1. The molecular weight excluding hydrogens is 406 g/mol. The Morgan fingerprint density at radius 1 is 1.13 bits per heavy atom. The summed E-state index contributed by atoms with van der Waals surface area (Å²) in [6.45, 7) is 4.20. The second kappa shape index (κ2) is 13.7. The summed E-state index contributed by atoms with van der Waals surface area (Å²) < 4.78 is 10.8. The Labute approximate surface area is 180 Å². The number of ketones is 1. The topological polar surface area (TPSA) is 154 Å². The highest BCUT2D eigenvalue weighted by molar-refractivity contribution is 5.92. The van der Waals surface area contributed by atoms with Gasteiger partial charge in [-0.2, -0.15) is 0 Å². The molecule has 1 unspecified atom stereocenters. The van der Waals surface area contributed by atoms with Gasteiger partial charge in [0.1, 0.15) is 36.6 Å². The van der Waals surface area contributed by atoms with Gasteiger partial charge in [-0.1, -0.05) is 6.07 Å². The van der Waals surface area contributed by atoms with Gasteiger partial charge in [-0.15, -0.1) is 0 Å². The van der Waals surface area contributed by atoms with Crippen LogP contribution in [0.3, 0.4) is 0 Å². The van der Waals surface area contributed by atoms with Crippen LogP contribution in [0.1, 0.15) is 24.2 Å². The fourth-order valence-corrected chi connectivity index (χ4v) is 2.16. The average Bonchev–Trinajstić information content (AvgIpc) is 2.72. The molecule has 4 N–H and O–H groups in total. The standard InChI is InChI=1S/C18H21N3O6.C3H6O/c19-18(23)13-4-6-16(7-5-13)26-9-8-20-11-15(22)12-27-17-3-1-2-14(10-17)21(24)25;1-3(2)4/h1-7,10,15,20,22H,8-9,11-12H2,(H2,19,23);1-2H3. The van der Waals surface area contributed by atoms with Crippen LogP contribution in [0.15, 0.2) is 48.5 Å². The Balaban J connectivity index is 0.00000110. The number of benzene rings is 2. The van der Waals surface area contributed by atoms with Gasteiger partial charge in [0.25, 0.3) is 5.69 Å². The van der Waals surface area contributed by atoms with E-state index in [1.807, 2.05) is 0 Å². The number of nitro benzene ring substituents is 1. The first-order valence-corrected chi connectivity index (χ1v) is 9.45. The Morgan fingerprint density at radius 3 is 2.35 bits per heavy atom. The van der Waals surface area contributed by atoms with Crippen LogP contribution < -0.4 is 20.5 Å². The number of nitrogens with one attached hydrogen (secondary N) is 1. The molecule has 0 saturated carbocycles. The molecule has 31 heavy (non-hydrogen) atoms. The number of aliphatic hydroxyl groups excluding tert-OH is 1. The molecule has 0 bridgehead atoms. The average molecular weight is 433 g/mol. The number of primary amides is 1. The van der Waals surface area contributed by atoms with Gasteiger partial charge >= 0.3 is 0 Å². The number of carbonyl (C=O) groups excluding carboxylic acids is 2. The third-order valence-electron chi connectivity index (χ3n) is 3.54. The maximum atomic E-state index is 11.0. The molecule has 168 valence electrons. The summed E-state index contributed by atoms with van der Waals surface area (Å²) in [5.41, 5.74) is 5.50. The molecule has 2 aromatic rings. The van der Waals surface area contributed by atoms with Crippen LogP contribution in [0.25, 0.3) is 0 Å². The fourth-order valence-electron chi connectivity index (χ4n) is 2.16. The number of amides is 1. The number of hydrogen-bond acceptors (Lipinski definition) is 8. The van der Waals surface area contributed by atoms with Crippen molar-refractivity contribution < 1.29 is 29.1 Å². The Kier molecular flexibility index (Phi) is 11.3. The van der Waals surface area contributed by atoms with Gasteiger partial charge in [0, 0.05) is 24.7 Å². The van der Waals surface area contributed by atoms with Crippen LogP contribution in [0, 0.1) is 10.1 Å². The van der Waals surface area contributed by atoms with Crippen molar-refractivity contribution in [2.24, 2.45) is 5.73 Å². The van der Waals surface area contributed by atoms with E-state index in [1.165, 1.54) is 32.0 Å². The largest absolute Gasteiger partial charge is 0.492 e. The molecule has 10 heteroatoms. The van der Waals surface area contributed by atoms with E-state index >= 15 is 0 Å². The van der Waals surface area contributed by atoms with Crippen molar-refractivity contribution in [2.75, 3.05) is 26.3 Å². The molecule has 1 amide bonds. The highest BCUT2D eigenvalue weighted by atomic mass is 16.6. The summed E-state index contributed by atoms with van der Waals surface area (Å²) in [5, 5.41) is 23.6. The van der Waals surface area contributed by atoms with Crippen LogP contribution in [0.2, 0.25) is 0 Å². The lowest BCUT2D eigenvalue weighted by Crippen LogP contribution is -2.33. The van der Waals surface area contributed by atoms with Gasteiger partial charge in [0.05, 0.1) is 11.0 Å². The Bertz CT molecular complexity index is 852. The van der Waals surface area contributed by atoms with Gasteiger partial charge < -0.3 is 30.4 Å². The predicted molar refractivity (Wildman–Crippen MR) is 114 cm³/mol. The predicted octanol–water partition coefficient (Wildman–Crippen LogP) is 1.70. The number of rotatable bonds is 11. The molecule has 2 aromatic carbocycles. The number of non-ortho nitro benzene ring substituents is 1. The molecule has 0 aromatic heterocycles. The fraction of sp³-hybridized carbons (Fsp3) is 0.333. The van der Waals surface area contributed by atoms with Crippen molar-refractivity contribution in [1.82, 2.24) is 5.32 Å². The molecule has 2 rings (SSSR count). The quantitative estimate of drug-likeness (QED) is 0.275. The second-order valence-corrected chi connectivity index (χ2v) is 6.57. The van der Waals surface area contributed by atoms with Crippen molar-refractivity contribution in [1.29, 1.82) is 0 Å². The van der Waals surface area contributed by atoms with Gasteiger partial charge in [0.2, 0.25) is 5.91 Å². The molecule has 0 heterocycles. The van der Waals surface area contributed by atoms with Crippen LogP contribution in [-0.2, 0) is 4.79 Å². The first kappa shape index (κ1) is 25.5. The van der Waals surface area contributed by atoms with Gasteiger partial charge in [-0.05, 0) is 44.2 Å². The number of hydrogen-bond donors (Lipinski definition) is 3. The first-order valence-electron chi connectivity index (χ1n) is 9.45. The van der Waals surface area contributed by atoms with Gasteiger partial charge in [0.15, 0.2) is 0 Å². The van der Waals surface area contributed by atoms with Gasteiger partial charge in [-0.25, -0.2) is 0 Å². The number of carbonyl (C=O) groups is 2. The lowest BCUT2D eigenvalue weighted by Gasteiger charge is -2.13. The molecule has 0 saturated heterocycles. The Morgan fingerprint density at radius 2 is 1.77 bits per heavy atom. The zero-order chi connectivity index (χ0) is 23.2.